The summed E-state index contributed by atoms with van der Waals surface area (Å²) in [7, 11) is 0. The van der Waals surface area contributed by atoms with Crippen LogP contribution in [0.25, 0.3) is 0 Å². The van der Waals surface area contributed by atoms with E-state index in [1.165, 1.54) is 32.1 Å². The van der Waals surface area contributed by atoms with E-state index in [-0.39, 0.29) is 11.8 Å². The summed E-state index contributed by atoms with van der Waals surface area (Å²) in [5, 5.41) is 11.3. The van der Waals surface area contributed by atoms with E-state index in [1.807, 2.05) is 29.2 Å². The average Bonchev–Trinajstić information content (AvgIpc) is 2.69. The molecule has 2 fully saturated rings. The van der Waals surface area contributed by atoms with Crippen molar-refractivity contribution in [2.24, 2.45) is 0 Å². The van der Waals surface area contributed by atoms with Crippen molar-refractivity contribution in [3.63, 3.8) is 0 Å². The van der Waals surface area contributed by atoms with Crippen LogP contribution >= 0.6 is 23.4 Å². The van der Waals surface area contributed by atoms with E-state index < -0.39 is 0 Å². The van der Waals surface area contributed by atoms with Gasteiger partial charge in [0, 0.05) is 23.4 Å². The van der Waals surface area contributed by atoms with Gasteiger partial charge in [-0.2, -0.15) is 5.26 Å². The lowest BCUT2D eigenvalue weighted by molar-refractivity contribution is -0.132. The summed E-state index contributed by atoms with van der Waals surface area (Å²) < 4.78 is 0. The van der Waals surface area contributed by atoms with Gasteiger partial charge in [-0.05, 0) is 30.5 Å². The second kappa shape index (κ2) is 7.64. The second-order valence-electron chi connectivity index (χ2n) is 7.26. The number of halogens is 1. The van der Waals surface area contributed by atoms with Crippen molar-refractivity contribution in [2.75, 3.05) is 12.5 Å². The summed E-state index contributed by atoms with van der Waals surface area (Å²) in [6.07, 6.45) is 6.69. The molecule has 3 aliphatic rings. The van der Waals surface area contributed by atoms with Crippen molar-refractivity contribution in [1.82, 2.24) is 9.80 Å². The highest BCUT2D eigenvalue weighted by Crippen LogP contribution is 2.43. The van der Waals surface area contributed by atoms with Crippen molar-refractivity contribution in [2.45, 2.75) is 50.5 Å². The SMILES string of the molecule is N#CC1=C2SCN(C3CCCCC3)CN2C(=O)C[C@@H]1c1ccc(Cl)cc1. The second-order valence-corrected chi connectivity index (χ2v) is 8.63. The predicted octanol–water partition coefficient (Wildman–Crippen LogP) is 4.69. The Labute approximate surface area is 163 Å². The number of fused-ring (bicyclic) bond motifs is 1. The number of benzene rings is 1. The van der Waals surface area contributed by atoms with Crippen molar-refractivity contribution in [3.05, 3.63) is 45.5 Å². The van der Waals surface area contributed by atoms with Gasteiger partial charge >= 0.3 is 0 Å². The van der Waals surface area contributed by atoms with E-state index in [1.54, 1.807) is 11.8 Å². The fraction of sp³-hybridized carbons (Fsp3) is 0.500. The van der Waals surface area contributed by atoms with Crippen LogP contribution in [0.2, 0.25) is 5.02 Å². The van der Waals surface area contributed by atoms with E-state index >= 15 is 0 Å². The molecule has 4 nitrogen and oxygen atoms in total. The minimum Gasteiger partial charge on any atom is -0.292 e. The molecule has 2 heterocycles. The minimum absolute atomic E-state index is 0.118. The molecule has 0 aromatic heterocycles. The molecule has 136 valence electrons. The third-order valence-electron chi connectivity index (χ3n) is 5.68. The Morgan fingerprint density at radius 1 is 1.15 bits per heavy atom. The highest BCUT2D eigenvalue weighted by Gasteiger charge is 2.39. The zero-order valence-corrected chi connectivity index (χ0v) is 16.2. The van der Waals surface area contributed by atoms with Crippen LogP contribution in [-0.2, 0) is 4.79 Å². The van der Waals surface area contributed by atoms with Gasteiger partial charge in [-0.25, -0.2) is 0 Å². The van der Waals surface area contributed by atoms with Crippen LogP contribution in [0, 0.1) is 11.3 Å². The van der Waals surface area contributed by atoms with Crippen molar-refractivity contribution >= 4 is 29.3 Å². The van der Waals surface area contributed by atoms with Gasteiger partial charge in [-0.15, -0.1) is 0 Å². The lowest BCUT2D eigenvalue weighted by Gasteiger charge is -2.44. The number of nitrogens with zero attached hydrogens (tertiary/aromatic N) is 3. The monoisotopic (exact) mass is 387 g/mol. The molecule has 1 aromatic carbocycles. The maximum Gasteiger partial charge on any atom is 0.229 e. The molecule has 1 amide bonds. The molecule has 0 N–H and O–H groups in total. The third-order valence-corrected chi connectivity index (χ3v) is 7.10. The lowest BCUT2D eigenvalue weighted by Crippen LogP contribution is -2.51. The standard InChI is InChI=1S/C20H22ClN3OS/c21-15-8-6-14(7-9-15)17-10-19(25)24-12-23(16-4-2-1-3-5-16)13-26-20(24)18(17)11-22/h6-9,16-17H,1-5,10,12-13H2/t17-/m1/s1. The maximum absolute atomic E-state index is 12.9. The van der Waals surface area contributed by atoms with Crippen LogP contribution < -0.4 is 0 Å². The molecule has 0 unspecified atom stereocenters. The van der Waals surface area contributed by atoms with Crippen LogP contribution in [0.4, 0.5) is 0 Å². The number of thioether (sulfide) groups is 1. The van der Waals surface area contributed by atoms with Crippen molar-refractivity contribution < 1.29 is 4.79 Å². The summed E-state index contributed by atoms with van der Waals surface area (Å²) >= 11 is 7.64. The summed E-state index contributed by atoms with van der Waals surface area (Å²) in [5.41, 5.74) is 1.71. The summed E-state index contributed by atoms with van der Waals surface area (Å²) in [5.74, 6) is 0.819. The molecule has 0 spiro atoms. The van der Waals surface area contributed by atoms with Gasteiger partial charge < -0.3 is 0 Å². The topological polar surface area (TPSA) is 47.3 Å². The largest absolute Gasteiger partial charge is 0.292 e. The Balaban J connectivity index is 1.60. The minimum atomic E-state index is -0.162. The Hall–Kier alpha value is -1.48. The van der Waals surface area contributed by atoms with E-state index in [4.69, 9.17) is 11.6 Å². The molecule has 0 bridgehead atoms. The van der Waals surface area contributed by atoms with Gasteiger partial charge in [0.2, 0.25) is 5.91 Å². The van der Waals surface area contributed by atoms with E-state index in [2.05, 4.69) is 11.0 Å². The zero-order chi connectivity index (χ0) is 18.1. The van der Waals surface area contributed by atoms with E-state index in [0.29, 0.717) is 24.2 Å². The predicted molar refractivity (Wildman–Crippen MR) is 104 cm³/mol. The average molecular weight is 388 g/mol. The number of hydrogen-bond acceptors (Lipinski definition) is 4. The Bertz CT molecular complexity index is 764. The zero-order valence-electron chi connectivity index (χ0n) is 14.7. The molecule has 2 aliphatic heterocycles. The molecule has 0 radical (unpaired) electrons. The smallest absolute Gasteiger partial charge is 0.229 e. The maximum atomic E-state index is 12.9. The third kappa shape index (κ3) is 3.38. The molecule has 1 saturated carbocycles. The van der Waals surface area contributed by atoms with E-state index in [9.17, 15) is 10.1 Å². The fourth-order valence-corrected chi connectivity index (χ4v) is 5.60. The molecule has 4 rings (SSSR count). The number of carbonyl (C=O) groups excluding carboxylic acids is 1. The highest BCUT2D eigenvalue weighted by atomic mass is 35.5. The molecular formula is C20H22ClN3OS. The molecule has 1 atom stereocenters. The summed E-state index contributed by atoms with van der Waals surface area (Å²) in [6, 6.07) is 10.5. The Kier molecular flexibility index (Phi) is 5.26. The van der Waals surface area contributed by atoms with Crippen LogP contribution in [0.3, 0.4) is 0 Å². The molecular weight excluding hydrogens is 366 g/mol. The number of allylic oxidation sites excluding steroid dienone is 1. The quantitative estimate of drug-likeness (QED) is 0.738. The molecule has 1 aromatic rings. The number of nitriles is 1. The fourth-order valence-electron chi connectivity index (χ4n) is 4.23. The number of hydrogen-bond donors (Lipinski definition) is 0. The van der Waals surface area contributed by atoms with Gasteiger partial charge in [-0.1, -0.05) is 54.8 Å². The first-order valence-corrected chi connectivity index (χ1v) is 10.6. The number of rotatable bonds is 2. The first-order chi connectivity index (χ1) is 12.7. The van der Waals surface area contributed by atoms with Crippen LogP contribution in [0.1, 0.15) is 50.0 Å². The summed E-state index contributed by atoms with van der Waals surface area (Å²) in [4.78, 5) is 17.1. The first kappa shape index (κ1) is 17.9. The van der Waals surface area contributed by atoms with Crippen molar-refractivity contribution in [1.29, 1.82) is 5.26 Å². The van der Waals surface area contributed by atoms with E-state index in [0.717, 1.165) is 22.0 Å². The molecule has 1 saturated heterocycles. The normalized spacial score (nSPS) is 25.2. The number of amides is 1. The van der Waals surface area contributed by atoms with Gasteiger partial charge in [-0.3, -0.25) is 14.6 Å². The molecule has 26 heavy (non-hydrogen) atoms. The lowest BCUT2D eigenvalue weighted by atomic mass is 9.86. The molecule has 6 heteroatoms. The number of carbonyl (C=O) groups is 1. The first-order valence-electron chi connectivity index (χ1n) is 9.24. The van der Waals surface area contributed by atoms with Gasteiger partial charge in [0.15, 0.2) is 0 Å². The van der Waals surface area contributed by atoms with Gasteiger partial charge in [0.1, 0.15) is 0 Å². The van der Waals surface area contributed by atoms with Gasteiger partial charge in [0.25, 0.3) is 0 Å². The van der Waals surface area contributed by atoms with Crippen molar-refractivity contribution in [3.8, 4) is 6.07 Å². The van der Waals surface area contributed by atoms with Gasteiger partial charge in [0.05, 0.1) is 29.2 Å². The highest BCUT2D eigenvalue weighted by molar-refractivity contribution is 8.03. The summed E-state index contributed by atoms with van der Waals surface area (Å²) in [6.45, 7) is 0.629. The Morgan fingerprint density at radius 3 is 2.58 bits per heavy atom. The van der Waals surface area contributed by atoms with Crippen LogP contribution in [-0.4, -0.2) is 34.3 Å². The molecule has 1 aliphatic carbocycles. The van der Waals surface area contributed by atoms with Crippen LogP contribution in [0.5, 0.6) is 0 Å². The van der Waals surface area contributed by atoms with Crippen LogP contribution in [0.15, 0.2) is 34.9 Å². The Morgan fingerprint density at radius 2 is 1.88 bits per heavy atom.